The number of ether oxygens (including phenoxy) is 2. The highest BCUT2D eigenvalue weighted by Crippen LogP contribution is 2.20. The number of carbonyl (C=O) groups is 2. The van der Waals surface area contributed by atoms with Gasteiger partial charge < -0.3 is 14.0 Å². The summed E-state index contributed by atoms with van der Waals surface area (Å²) in [6.07, 6.45) is 0.214. The molecule has 0 aliphatic rings. The second kappa shape index (κ2) is 8.89. The summed E-state index contributed by atoms with van der Waals surface area (Å²) in [5, 5.41) is 2.06. The fourth-order valence-corrected chi connectivity index (χ4v) is 3.75. The molecule has 0 bridgehead atoms. The number of benzene rings is 1. The second-order valence-electron chi connectivity index (χ2n) is 6.56. The van der Waals surface area contributed by atoms with E-state index in [1.165, 1.54) is 12.0 Å². The lowest BCUT2D eigenvalue weighted by molar-refractivity contribution is -0.139. The van der Waals surface area contributed by atoms with Crippen molar-refractivity contribution >= 4 is 23.1 Å². The number of nitrogens with zero attached hydrogens (tertiary/aromatic N) is 1. The van der Waals surface area contributed by atoms with Crippen molar-refractivity contribution in [2.75, 3.05) is 13.7 Å². The van der Waals surface area contributed by atoms with Crippen LogP contribution in [0.1, 0.15) is 32.2 Å². The van der Waals surface area contributed by atoms with Gasteiger partial charge in [0.15, 0.2) is 6.61 Å². The van der Waals surface area contributed by atoms with Crippen molar-refractivity contribution in [1.29, 1.82) is 0 Å². The van der Waals surface area contributed by atoms with Crippen LogP contribution in [0, 0.1) is 13.8 Å². The fourth-order valence-electron chi connectivity index (χ4n) is 3.05. The summed E-state index contributed by atoms with van der Waals surface area (Å²) < 4.78 is 12.5. The van der Waals surface area contributed by atoms with E-state index in [0.29, 0.717) is 11.3 Å². The van der Waals surface area contributed by atoms with Crippen LogP contribution in [-0.2, 0) is 22.5 Å². The van der Waals surface area contributed by atoms with Gasteiger partial charge in [-0.05, 0) is 49.1 Å². The largest absolute Gasteiger partial charge is 0.485 e. The molecule has 2 heterocycles. The molecule has 0 saturated heterocycles. The number of esters is 1. The van der Waals surface area contributed by atoms with Crippen LogP contribution >= 0.6 is 11.3 Å². The van der Waals surface area contributed by atoms with Crippen molar-refractivity contribution in [3.05, 3.63) is 75.2 Å². The number of rotatable bonds is 8. The maximum absolute atomic E-state index is 12.7. The quantitative estimate of drug-likeness (QED) is 0.422. The van der Waals surface area contributed by atoms with Gasteiger partial charge in [-0.15, -0.1) is 11.3 Å². The summed E-state index contributed by atoms with van der Waals surface area (Å²) >= 11 is 1.71. The van der Waals surface area contributed by atoms with Gasteiger partial charge in [0.25, 0.3) is 0 Å². The van der Waals surface area contributed by atoms with Crippen molar-refractivity contribution < 1.29 is 19.1 Å². The molecule has 0 spiro atoms. The van der Waals surface area contributed by atoms with E-state index < -0.39 is 0 Å². The molecule has 0 unspecified atom stereocenters. The number of Topliss-reactive ketones (excluding diaryl/α,β-unsaturated/α-hetero) is 1. The number of ketones is 1. The molecule has 0 N–H and O–H groups in total. The molecule has 0 amide bonds. The minimum absolute atomic E-state index is 0.0281. The van der Waals surface area contributed by atoms with Crippen molar-refractivity contribution in [1.82, 2.24) is 4.57 Å². The average Bonchev–Trinajstić information content (AvgIpc) is 3.31. The van der Waals surface area contributed by atoms with Crippen molar-refractivity contribution in [3.8, 4) is 5.75 Å². The number of aromatic nitrogens is 1. The number of hydrogen-bond acceptors (Lipinski definition) is 5. The zero-order chi connectivity index (χ0) is 20.1. The fraction of sp³-hybridized carbons (Fsp3) is 0.273. The molecule has 0 aliphatic heterocycles. The Morgan fingerprint density at radius 3 is 2.50 bits per heavy atom. The van der Waals surface area contributed by atoms with Crippen LogP contribution in [0.4, 0.5) is 0 Å². The smallest absolute Gasteiger partial charge is 0.309 e. The third-order valence-electron chi connectivity index (χ3n) is 4.64. The number of hydrogen-bond donors (Lipinski definition) is 0. The molecule has 0 aliphatic carbocycles. The van der Waals surface area contributed by atoms with Gasteiger partial charge in [-0.1, -0.05) is 18.2 Å². The Labute approximate surface area is 168 Å². The van der Waals surface area contributed by atoms with E-state index in [4.69, 9.17) is 4.74 Å². The summed E-state index contributed by atoms with van der Waals surface area (Å²) in [7, 11) is 1.36. The summed E-state index contributed by atoms with van der Waals surface area (Å²) in [6.45, 7) is 4.72. The number of methoxy groups -OCH3 is 1. The van der Waals surface area contributed by atoms with E-state index in [9.17, 15) is 9.59 Å². The van der Waals surface area contributed by atoms with Gasteiger partial charge in [-0.2, -0.15) is 0 Å². The summed E-state index contributed by atoms with van der Waals surface area (Å²) in [4.78, 5) is 25.2. The van der Waals surface area contributed by atoms with E-state index in [0.717, 1.165) is 23.5 Å². The first-order valence-electron chi connectivity index (χ1n) is 8.98. The van der Waals surface area contributed by atoms with Gasteiger partial charge in [-0.25, -0.2) is 0 Å². The SMILES string of the molecule is COC(=O)Cc1ccc(OCC(=O)c2cc(C)n(Cc3cccs3)c2C)cc1. The monoisotopic (exact) mass is 397 g/mol. The molecule has 5 nitrogen and oxygen atoms in total. The van der Waals surface area contributed by atoms with Crippen LogP contribution in [0.5, 0.6) is 5.75 Å². The second-order valence-corrected chi connectivity index (χ2v) is 7.59. The third-order valence-corrected chi connectivity index (χ3v) is 5.50. The molecule has 1 aromatic carbocycles. The summed E-state index contributed by atoms with van der Waals surface area (Å²) in [5.41, 5.74) is 3.54. The molecule has 0 saturated carbocycles. The maximum Gasteiger partial charge on any atom is 0.309 e. The number of aryl methyl sites for hydroxylation is 1. The third kappa shape index (κ3) is 4.70. The molecule has 0 fully saturated rings. The minimum atomic E-state index is -0.290. The molecule has 0 radical (unpaired) electrons. The molecule has 3 rings (SSSR count). The number of carbonyl (C=O) groups excluding carboxylic acids is 2. The Hall–Kier alpha value is -2.86. The van der Waals surface area contributed by atoms with E-state index in [2.05, 4.69) is 20.8 Å². The van der Waals surface area contributed by atoms with Crippen LogP contribution in [0.2, 0.25) is 0 Å². The first kappa shape index (κ1) is 19.9. The highest BCUT2D eigenvalue weighted by atomic mass is 32.1. The molecular formula is C22H23NO4S. The van der Waals surface area contributed by atoms with E-state index in [-0.39, 0.29) is 24.8 Å². The lowest BCUT2D eigenvalue weighted by Gasteiger charge is -2.09. The van der Waals surface area contributed by atoms with Crippen LogP contribution in [-0.4, -0.2) is 30.0 Å². The van der Waals surface area contributed by atoms with Gasteiger partial charge in [0, 0.05) is 21.8 Å². The lowest BCUT2D eigenvalue weighted by atomic mass is 10.1. The van der Waals surface area contributed by atoms with Crippen LogP contribution < -0.4 is 4.74 Å². The normalized spacial score (nSPS) is 10.7. The molecular weight excluding hydrogens is 374 g/mol. The van der Waals surface area contributed by atoms with E-state index in [1.807, 2.05) is 26.0 Å². The topological polar surface area (TPSA) is 57.5 Å². The summed E-state index contributed by atoms with van der Waals surface area (Å²) in [6, 6.07) is 13.2. The van der Waals surface area contributed by atoms with Gasteiger partial charge in [-0.3, -0.25) is 9.59 Å². The Morgan fingerprint density at radius 1 is 1.11 bits per heavy atom. The molecule has 6 heteroatoms. The predicted molar refractivity (Wildman–Crippen MR) is 109 cm³/mol. The van der Waals surface area contributed by atoms with Gasteiger partial charge in [0.1, 0.15) is 5.75 Å². The predicted octanol–water partition coefficient (Wildman–Crippen LogP) is 4.19. The van der Waals surface area contributed by atoms with Gasteiger partial charge >= 0.3 is 5.97 Å². The van der Waals surface area contributed by atoms with E-state index in [1.54, 1.807) is 35.6 Å². The van der Waals surface area contributed by atoms with Crippen LogP contribution in [0.3, 0.4) is 0 Å². The first-order chi connectivity index (χ1) is 13.5. The zero-order valence-electron chi connectivity index (χ0n) is 16.2. The standard InChI is InChI=1S/C22H23NO4S/c1-15-11-20(16(2)23(15)13-19-5-4-10-28-19)21(24)14-27-18-8-6-17(7-9-18)12-22(25)26-3/h4-11H,12-14H2,1-3H3. The van der Waals surface area contributed by atoms with Gasteiger partial charge in [0.05, 0.1) is 20.1 Å². The van der Waals surface area contributed by atoms with Crippen LogP contribution in [0.25, 0.3) is 0 Å². The van der Waals surface area contributed by atoms with Crippen molar-refractivity contribution in [3.63, 3.8) is 0 Å². The lowest BCUT2D eigenvalue weighted by Crippen LogP contribution is -2.13. The Balaban J connectivity index is 1.63. The van der Waals surface area contributed by atoms with Crippen molar-refractivity contribution in [2.24, 2.45) is 0 Å². The number of thiophene rings is 1. The highest BCUT2D eigenvalue weighted by Gasteiger charge is 2.16. The Morgan fingerprint density at radius 2 is 1.86 bits per heavy atom. The van der Waals surface area contributed by atoms with Gasteiger partial charge in [0.2, 0.25) is 5.78 Å². The molecule has 146 valence electrons. The molecule has 0 atom stereocenters. The van der Waals surface area contributed by atoms with Crippen molar-refractivity contribution in [2.45, 2.75) is 26.8 Å². The van der Waals surface area contributed by atoms with E-state index >= 15 is 0 Å². The minimum Gasteiger partial charge on any atom is -0.485 e. The molecule has 28 heavy (non-hydrogen) atoms. The highest BCUT2D eigenvalue weighted by molar-refractivity contribution is 7.09. The summed E-state index contributed by atoms with van der Waals surface area (Å²) in [5.74, 6) is 0.250. The first-order valence-corrected chi connectivity index (χ1v) is 9.86. The average molecular weight is 397 g/mol. The Kier molecular flexibility index (Phi) is 6.31. The van der Waals surface area contributed by atoms with Crippen LogP contribution in [0.15, 0.2) is 47.8 Å². The molecule has 2 aromatic heterocycles. The maximum atomic E-state index is 12.7. The molecule has 3 aromatic rings. The Bertz CT molecular complexity index is 955. The zero-order valence-corrected chi connectivity index (χ0v) is 17.0.